The summed E-state index contributed by atoms with van der Waals surface area (Å²) in [6.07, 6.45) is 1.62. The molecule has 0 spiro atoms. The molecule has 1 aromatic rings. The maximum Gasteiger partial charge on any atom is 0.331 e. The van der Waals surface area contributed by atoms with Crippen LogP contribution in [0.2, 0.25) is 0 Å². The van der Waals surface area contributed by atoms with Crippen molar-refractivity contribution in [1.82, 2.24) is 4.90 Å². The van der Waals surface area contributed by atoms with Gasteiger partial charge in [-0.2, -0.15) is 0 Å². The van der Waals surface area contributed by atoms with E-state index < -0.39 is 17.8 Å². The van der Waals surface area contributed by atoms with E-state index in [1.807, 2.05) is 0 Å². The Morgan fingerprint density at radius 2 is 2.11 bits per heavy atom. The van der Waals surface area contributed by atoms with E-state index in [0.29, 0.717) is 10.0 Å². The van der Waals surface area contributed by atoms with Crippen LogP contribution in [0.25, 0.3) is 0 Å². The van der Waals surface area contributed by atoms with Crippen LogP contribution in [-0.4, -0.2) is 27.9 Å². The number of rotatable bonds is 4. The van der Waals surface area contributed by atoms with Crippen molar-refractivity contribution >= 4 is 27.8 Å². The smallest absolute Gasteiger partial charge is 0.331 e. The van der Waals surface area contributed by atoms with Crippen LogP contribution in [0.4, 0.5) is 4.39 Å². The number of amides is 1. The van der Waals surface area contributed by atoms with Gasteiger partial charge in [0.1, 0.15) is 5.82 Å². The third kappa shape index (κ3) is 2.94. The number of hydrogen-bond donors (Lipinski definition) is 1. The van der Waals surface area contributed by atoms with Gasteiger partial charge in [-0.15, -0.1) is 0 Å². The van der Waals surface area contributed by atoms with Crippen molar-refractivity contribution < 1.29 is 19.1 Å². The number of nitrogens with zero attached hydrogens (tertiary/aromatic N) is 1. The Balaban J connectivity index is 2.44. The highest BCUT2D eigenvalue weighted by molar-refractivity contribution is 9.10. The second-order valence-corrected chi connectivity index (χ2v) is 5.42. The van der Waals surface area contributed by atoms with E-state index >= 15 is 0 Å². The van der Waals surface area contributed by atoms with Crippen LogP contribution in [0.1, 0.15) is 31.4 Å². The fraction of sp³-hybridized carbons (Fsp3) is 0.385. The Labute approximate surface area is 118 Å². The molecule has 6 heteroatoms. The molecule has 2 rings (SSSR count). The van der Waals surface area contributed by atoms with Crippen LogP contribution >= 0.6 is 15.9 Å². The first-order valence-electron chi connectivity index (χ1n) is 5.88. The first-order chi connectivity index (χ1) is 8.91. The summed E-state index contributed by atoms with van der Waals surface area (Å²) in [5, 5.41) is 9.41. The van der Waals surface area contributed by atoms with Crippen molar-refractivity contribution in [3.8, 4) is 0 Å². The minimum Gasteiger partial charge on any atom is -0.479 e. The Bertz CT molecular complexity index is 531. The summed E-state index contributed by atoms with van der Waals surface area (Å²) in [6.45, 7) is 1.35. The molecule has 0 radical (unpaired) electrons. The molecule has 1 saturated carbocycles. The SMILES string of the molecule is CC(=O)N(C1CC1)C(C(=O)O)c1ccc(F)cc1Br. The summed E-state index contributed by atoms with van der Waals surface area (Å²) in [5.74, 6) is -1.86. The van der Waals surface area contributed by atoms with Crippen LogP contribution < -0.4 is 0 Å². The molecule has 0 aromatic heterocycles. The maximum atomic E-state index is 13.1. The van der Waals surface area contributed by atoms with Crippen LogP contribution in [0, 0.1) is 5.82 Å². The quantitative estimate of drug-likeness (QED) is 0.923. The molecule has 1 fully saturated rings. The highest BCUT2D eigenvalue weighted by Crippen LogP contribution is 2.37. The molecule has 1 aliphatic carbocycles. The van der Waals surface area contributed by atoms with Crippen molar-refractivity contribution in [1.29, 1.82) is 0 Å². The number of aliphatic carboxylic acids is 1. The van der Waals surface area contributed by atoms with E-state index in [1.165, 1.54) is 30.0 Å². The van der Waals surface area contributed by atoms with E-state index in [-0.39, 0.29) is 11.9 Å². The second-order valence-electron chi connectivity index (χ2n) is 4.56. The first-order valence-corrected chi connectivity index (χ1v) is 6.67. The molecule has 1 unspecified atom stereocenters. The molecule has 4 nitrogen and oxygen atoms in total. The fourth-order valence-corrected chi connectivity index (χ4v) is 2.70. The molecule has 19 heavy (non-hydrogen) atoms. The molecule has 0 saturated heterocycles. The van der Waals surface area contributed by atoms with E-state index in [2.05, 4.69) is 15.9 Å². The minimum absolute atomic E-state index is 0.0319. The van der Waals surface area contributed by atoms with Gasteiger partial charge in [0.05, 0.1) is 0 Å². The summed E-state index contributed by atoms with van der Waals surface area (Å²) in [7, 11) is 0. The molecular formula is C13H13BrFNO3. The second kappa shape index (κ2) is 5.28. The lowest BCUT2D eigenvalue weighted by Crippen LogP contribution is -2.39. The Morgan fingerprint density at radius 1 is 1.47 bits per heavy atom. The van der Waals surface area contributed by atoms with Gasteiger partial charge < -0.3 is 10.0 Å². The van der Waals surface area contributed by atoms with Gasteiger partial charge in [-0.1, -0.05) is 22.0 Å². The van der Waals surface area contributed by atoms with Crippen LogP contribution in [-0.2, 0) is 9.59 Å². The molecule has 0 bridgehead atoms. The van der Waals surface area contributed by atoms with Crippen molar-refractivity contribution in [2.75, 3.05) is 0 Å². The van der Waals surface area contributed by atoms with Gasteiger partial charge in [0.2, 0.25) is 5.91 Å². The lowest BCUT2D eigenvalue weighted by atomic mass is 10.0. The third-order valence-corrected chi connectivity index (χ3v) is 3.76. The summed E-state index contributed by atoms with van der Waals surface area (Å²) in [6, 6.07) is 2.68. The number of halogens is 2. The normalized spacial score (nSPS) is 15.9. The number of benzene rings is 1. The molecule has 1 amide bonds. The highest BCUT2D eigenvalue weighted by Gasteiger charge is 2.40. The minimum atomic E-state index is -1.12. The summed E-state index contributed by atoms with van der Waals surface area (Å²) in [4.78, 5) is 24.6. The van der Waals surface area contributed by atoms with Crippen molar-refractivity contribution in [3.05, 3.63) is 34.1 Å². The van der Waals surface area contributed by atoms with E-state index in [0.717, 1.165) is 12.8 Å². The zero-order chi connectivity index (χ0) is 14.2. The largest absolute Gasteiger partial charge is 0.479 e. The number of hydrogen-bond acceptors (Lipinski definition) is 2. The molecule has 1 aliphatic rings. The molecular weight excluding hydrogens is 317 g/mol. The predicted octanol–water partition coefficient (Wildman–Crippen LogP) is 2.72. The Hall–Kier alpha value is -1.43. The monoisotopic (exact) mass is 329 g/mol. The lowest BCUT2D eigenvalue weighted by Gasteiger charge is -2.28. The fourth-order valence-electron chi connectivity index (χ4n) is 2.13. The van der Waals surface area contributed by atoms with Gasteiger partial charge in [0.15, 0.2) is 6.04 Å². The average Bonchev–Trinajstić information content (AvgIpc) is 3.10. The first kappa shape index (κ1) is 14.0. The van der Waals surface area contributed by atoms with Gasteiger partial charge >= 0.3 is 5.97 Å². The summed E-state index contributed by atoms with van der Waals surface area (Å²) in [5.41, 5.74) is 0.385. The molecule has 1 aromatic carbocycles. The summed E-state index contributed by atoms with van der Waals surface area (Å²) >= 11 is 3.16. The standard InChI is InChI=1S/C13H13BrFNO3/c1-7(17)16(9-3-4-9)12(13(18)19)10-5-2-8(15)6-11(10)14/h2,5-6,9,12H,3-4H2,1H3,(H,18,19). The number of carboxylic acid groups (broad SMARTS) is 1. The average molecular weight is 330 g/mol. The number of carboxylic acids is 1. The van der Waals surface area contributed by atoms with Gasteiger partial charge in [-0.25, -0.2) is 9.18 Å². The number of carbonyl (C=O) groups excluding carboxylic acids is 1. The van der Waals surface area contributed by atoms with Crippen LogP contribution in [0.5, 0.6) is 0 Å². The predicted molar refractivity (Wildman–Crippen MR) is 70.0 cm³/mol. The summed E-state index contributed by atoms with van der Waals surface area (Å²) < 4.78 is 13.4. The van der Waals surface area contributed by atoms with Gasteiger partial charge in [0.25, 0.3) is 0 Å². The van der Waals surface area contributed by atoms with E-state index in [1.54, 1.807) is 0 Å². The van der Waals surface area contributed by atoms with E-state index in [9.17, 15) is 19.1 Å². The molecule has 0 aliphatic heterocycles. The van der Waals surface area contributed by atoms with Gasteiger partial charge in [0, 0.05) is 23.0 Å². The zero-order valence-electron chi connectivity index (χ0n) is 10.3. The van der Waals surface area contributed by atoms with Crippen molar-refractivity contribution in [2.45, 2.75) is 31.8 Å². The zero-order valence-corrected chi connectivity index (χ0v) is 11.9. The van der Waals surface area contributed by atoms with Gasteiger partial charge in [-0.05, 0) is 25.0 Å². The molecule has 1 N–H and O–H groups in total. The van der Waals surface area contributed by atoms with E-state index in [4.69, 9.17) is 0 Å². The Kier molecular flexibility index (Phi) is 3.89. The van der Waals surface area contributed by atoms with Crippen molar-refractivity contribution in [2.24, 2.45) is 0 Å². The highest BCUT2D eigenvalue weighted by atomic mass is 79.9. The number of carbonyl (C=O) groups is 2. The molecule has 0 heterocycles. The molecule has 102 valence electrons. The van der Waals surface area contributed by atoms with Gasteiger partial charge in [-0.3, -0.25) is 4.79 Å². The van der Waals surface area contributed by atoms with Crippen molar-refractivity contribution in [3.63, 3.8) is 0 Å². The maximum absolute atomic E-state index is 13.1. The van der Waals surface area contributed by atoms with Crippen LogP contribution in [0.15, 0.2) is 22.7 Å². The topological polar surface area (TPSA) is 57.6 Å². The molecule has 1 atom stereocenters. The Morgan fingerprint density at radius 3 is 2.53 bits per heavy atom. The lowest BCUT2D eigenvalue weighted by molar-refractivity contribution is -0.150. The van der Waals surface area contributed by atoms with Crippen LogP contribution in [0.3, 0.4) is 0 Å². The third-order valence-electron chi connectivity index (χ3n) is 3.07.